The van der Waals surface area contributed by atoms with E-state index in [1.54, 1.807) is 0 Å². The van der Waals surface area contributed by atoms with E-state index in [1.165, 1.54) is 0 Å². The van der Waals surface area contributed by atoms with Crippen LogP contribution in [0.15, 0.2) is 0 Å². The van der Waals surface area contributed by atoms with Crippen molar-refractivity contribution in [2.45, 2.75) is 24.5 Å². The number of rotatable bonds is 1. The molecule has 2 fully saturated rings. The van der Waals surface area contributed by atoms with Crippen molar-refractivity contribution in [2.24, 2.45) is 5.92 Å². The fraction of sp³-hybridized carbons (Fsp3) is 0.875. The lowest BCUT2D eigenvalue weighted by atomic mass is 9.94. The molecule has 2 aliphatic rings. The van der Waals surface area contributed by atoms with Gasteiger partial charge in [0.25, 0.3) is 0 Å². The number of likely N-dealkylation sites (tertiary alicyclic amines) is 1. The Labute approximate surface area is 75.6 Å². The lowest BCUT2D eigenvalue weighted by molar-refractivity contribution is -0.0567. The maximum absolute atomic E-state index is 10.6. The summed E-state index contributed by atoms with van der Waals surface area (Å²) in [6, 6.07) is 0. The molecule has 74 valence electrons. The zero-order valence-electron chi connectivity index (χ0n) is 7.18. The Bertz CT molecular complexity index is 240. The Morgan fingerprint density at radius 2 is 2.08 bits per heavy atom. The van der Waals surface area contributed by atoms with Gasteiger partial charge in [0.1, 0.15) is 11.7 Å². The number of hydrogen-bond donors (Lipinski definition) is 3. The fourth-order valence-corrected chi connectivity index (χ4v) is 1.97. The second-order valence-electron chi connectivity index (χ2n) is 3.94. The molecular formula is C8H13NO4. The molecule has 1 saturated heterocycles. The van der Waals surface area contributed by atoms with E-state index in [0.717, 1.165) is 17.7 Å². The Hall–Kier alpha value is -0.810. The first kappa shape index (κ1) is 8.77. The third kappa shape index (κ3) is 1.28. The second kappa shape index (κ2) is 2.59. The molecule has 2 rings (SSSR count). The van der Waals surface area contributed by atoms with Gasteiger partial charge in [-0.15, -0.1) is 0 Å². The molecule has 1 saturated carbocycles. The molecular weight excluding hydrogens is 174 g/mol. The van der Waals surface area contributed by atoms with Crippen molar-refractivity contribution in [3.63, 3.8) is 0 Å². The third-order valence-corrected chi connectivity index (χ3v) is 2.97. The molecule has 0 aromatic rings. The van der Waals surface area contributed by atoms with Crippen molar-refractivity contribution in [3.8, 4) is 0 Å². The topological polar surface area (TPSA) is 81.0 Å². The molecule has 0 spiro atoms. The highest BCUT2D eigenvalue weighted by Crippen LogP contribution is 2.44. The van der Waals surface area contributed by atoms with Crippen LogP contribution in [0.4, 0.5) is 4.79 Å². The molecule has 0 bridgehead atoms. The average Bonchev–Trinajstić information content (AvgIpc) is 2.81. The first-order valence-electron chi connectivity index (χ1n) is 4.42. The van der Waals surface area contributed by atoms with Crippen molar-refractivity contribution in [3.05, 3.63) is 0 Å². The molecule has 0 aromatic carbocycles. The summed E-state index contributed by atoms with van der Waals surface area (Å²) >= 11 is 0. The van der Waals surface area contributed by atoms with Crippen LogP contribution in [0.1, 0.15) is 12.8 Å². The van der Waals surface area contributed by atoms with Gasteiger partial charge in [-0.2, -0.15) is 0 Å². The molecule has 3 N–H and O–H groups in total. The number of nitrogens with zero attached hydrogens (tertiary/aromatic N) is 1. The zero-order chi connectivity index (χ0) is 9.64. The molecule has 0 radical (unpaired) electrons. The van der Waals surface area contributed by atoms with Crippen molar-refractivity contribution < 1.29 is 20.1 Å². The van der Waals surface area contributed by atoms with Crippen LogP contribution in [-0.2, 0) is 0 Å². The smallest absolute Gasteiger partial charge is 0.407 e. The lowest BCUT2D eigenvalue weighted by Gasteiger charge is -2.24. The number of amides is 1. The van der Waals surface area contributed by atoms with Crippen LogP contribution in [0.2, 0.25) is 0 Å². The molecule has 5 heteroatoms. The summed E-state index contributed by atoms with van der Waals surface area (Å²) in [5.41, 5.74) is -1.18. The minimum Gasteiger partial charge on any atom is -0.465 e. The maximum atomic E-state index is 10.6. The summed E-state index contributed by atoms with van der Waals surface area (Å²) in [7, 11) is 0. The molecule has 1 heterocycles. The summed E-state index contributed by atoms with van der Waals surface area (Å²) < 4.78 is 0. The highest BCUT2D eigenvalue weighted by Gasteiger charge is 2.54. The third-order valence-electron chi connectivity index (χ3n) is 2.97. The fourth-order valence-electron chi connectivity index (χ4n) is 1.97. The highest BCUT2D eigenvalue weighted by molar-refractivity contribution is 5.65. The van der Waals surface area contributed by atoms with E-state index in [4.69, 9.17) is 5.11 Å². The van der Waals surface area contributed by atoms with Gasteiger partial charge < -0.3 is 20.2 Å². The van der Waals surface area contributed by atoms with E-state index < -0.39 is 17.8 Å². The van der Waals surface area contributed by atoms with Gasteiger partial charge in [0, 0.05) is 0 Å². The largest absolute Gasteiger partial charge is 0.465 e. The van der Waals surface area contributed by atoms with E-state index in [2.05, 4.69) is 0 Å². The maximum Gasteiger partial charge on any atom is 0.407 e. The molecule has 2 unspecified atom stereocenters. The van der Waals surface area contributed by atoms with Crippen LogP contribution in [0, 0.1) is 5.92 Å². The molecule has 13 heavy (non-hydrogen) atoms. The average molecular weight is 187 g/mol. The first-order chi connectivity index (χ1) is 6.04. The molecule has 1 aliphatic carbocycles. The van der Waals surface area contributed by atoms with Gasteiger partial charge in [0.2, 0.25) is 0 Å². The number of hydrogen-bond acceptors (Lipinski definition) is 3. The number of carbonyl (C=O) groups is 1. The summed E-state index contributed by atoms with van der Waals surface area (Å²) in [4.78, 5) is 11.7. The summed E-state index contributed by atoms with van der Waals surface area (Å²) in [5, 5.41) is 28.2. The molecule has 1 amide bonds. The van der Waals surface area contributed by atoms with Gasteiger partial charge in [-0.3, -0.25) is 0 Å². The molecule has 2 atom stereocenters. The lowest BCUT2D eigenvalue weighted by Crippen LogP contribution is -2.44. The van der Waals surface area contributed by atoms with Crippen LogP contribution in [-0.4, -0.2) is 51.1 Å². The number of aliphatic hydroxyl groups excluding tert-OH is 1. The van der Waals surface area contributed by atoms with Gasteiger partial charge in [0.05, 0.1) is 13.1 Å². The van der Waals surface area contributed by atoms with Gasteiger partial charge in [-0.25, -0.2) is 4.79 Å². The first-order valence-corrected chi connectivity index (χ1v) is 4.42. The van der Waals surface area contributed by atoms with Crippen LogP contribution in [0.3, 0.4) is 0 Å². The van der Waals surface area contributed by atoms with Gasteiger partial charge in [0.15, 0.2) is 0 Å². The summed E-state index contributed by atoms with van der Waals surface area (Å²) in [5.74, 6) is 0.0897. The molecule has 0 aromatic heterocycles. The Morgan fingerprint density at radius 3 is 2.46 bits per heavy atom. The molecule has 1 aliphatic heterocycles. The van der Waals surface area contributed by atoms with Crippen LogP contribution >= 0.6 is 0 Å². The normalized spacial score (nSPS) is 39.5. The minimum atomic E-state index is -1.18. The number of carboxylic acid groups (broad SMARTS) is 1. The number of aliphatic hydroxyl groups is 2. The standard InChI is InChI=1S/C8H13NO4/c10-6-3-9(7(11)12)4-8(6,13)5-1-2-5/h5-6,10,13H,1-4H2,(H,11,12). The molecule has 5 nitrogen and oxygen atoms in total. The Morgan fingerprint density at radius 1 is 1.46 bits per heavy atom. The van der Waals surface area contributed by atoms with E-state index in [0.29, 0.717) is 0 Å². The van der Waals surface area contributed by atoms with E-state index in [9.17, 15) is 15.0 Å². The van der Waals surface area contributed by atoms with Crippen LogP contribution in [0.25, 0.3) is 0 Å². The highest BCUT2D eigenvalue weighted by atomic mass is 16.4. The SMILES string of the molecule is O=C(O)N1CC(O)C(O)(C2CC2)C1. The monoisotopic (exact) mass is 187 g/mol. The van der Waals surface area contributed by atoms with Gasteiger partial charge in [-0.1, -0.05) is 0 Å². The summed E-state index contributed by atoms with van der Waals surface area (Å²) in [6.07, 6.45) is -0.214. The van der Waals surface area contributed by atoms with Gasteiger partial charge >= 0.3 is 6.09 Å². The predicted octanol–water partition coefficient (Wildman–Crippen LogP) is -0.518. The van der Waals surface area contributed by atoms with E-state index in [1.807, 2.05) is 0 Å². The predicted molar refractivity (Wildman–Crippen MR) is 43.3 cm³/mol. The van der Waals surface area contributed by atoms with Crippen LogP contribution < -0.4 is 0 Å². The van der Waals surface area contributed by atoms with Crippen molar-refractivity contribution in [1.29, 1.82) is 0 Å². The minimum absolute atomic E-state index is 0.0301. The zero-order valence-corrected chi connectivity index (χ0v) is 7.18. The van der Waals surface area contributed by atoms with Crippen molar-refractivity contribution in [1.82, 2.24) is 4.90 Å². The van der Waals surface area contributed by atoms with Gasteiger partial charge in [-0.05, 0) is 18.8 Å². The number of β-amino-alcohol motifs (C(OH)–C–C–N with tert-alkyl or cyclic N) is 2. The van der Waals surface area contributed by atoms with Crippen molar-refractivity contribution in [2.75, 3.05) is 13.1 Å². The Kier molecular flexibility index (Phi) is 1.75. The van der Waals surface area contributed by atoms with Crippen LogP contribution in [0.5, 0.6) is 0 Å². The quantitative estimate of drug-likeness (QED) is 0.516. The summed E-state index contributed by atoms with van der Waals surface area (Å²) in [6.45, 7) is 0.0799. The van der Waals surface area contributed by atoms with E-state index >= 15 is 0 Å². The Balaban J connectivity index is 2.10. The van der Waals surface area contributed by atoms with Crippen molar-refractivity contribution >= 4 is 6.09 Å². The van der Waals surface area contributed by atoms with E-state index in [-0.39, 0.29) is 19.0 Å². The second-order valence-corrected chi connectivity index (χ2v) is 3.94.